The normalized spacial score (nSPS) is 30.1. The Balaban J connectivity index is 1.20. The standard InChI is InChI=1S/C26H36F4O/c27-23-15-22(16-24(28)25(23)31-26(29)30)21-13-9-18(10-14-21)6-5-17-7-11-20(12-8-17)19-3-1-2-4-19/h15-21,26H,1-14H2. The second-order valence-electron chi connectivity index (χ2n) is 10.3. The Hall–Kier alpha value is -1.26. The average Bonchev–Trinajstić information content (AvgIpc) is 3.30. The fourth-order valence-corrected chi connectivity index (χ4v) is 6.65. The number of rotatable bonds is 7. The molecule has 0 unspecified atom stereocenters. The van der Waals surface area contributed by atoms with Gasteiger partial charge in [0, 0.05) is 0 Å². The smallest absolute Gasteiger partial charge is 0.387 e. The van der Waals surface area contributed by atoms with Crippen molar-refractivity contribution in [1.82, 2.24) is 0 Å². The lowest BCUT2D eigenvalue weighted by molar-refractivity contribution is -0.0546. The van der Waals surface area contributed by atoms with E-state index >= 15 is 0 Å². The Morgan fingerprint density at radius 3 is 1.71 bits per heavy atom. The van der Waals surface area contributed by atoms with Crippen LogP contribution in [0.1, 0.15) is 101 Å². The Labute approximate surface area is 183 Å². The van der Waals surface area contributed by atoms with E-state index in [2.05, 4.69) is 4.74 Å². The molecule has 0 bridgehead atoms. The van der Waals surface area contributed by atoms with Crippen molar-refractivity contribution in [2.24, 2.45) is 23.7 Å². The van der Waals surface area contributed by atoms with Crippen LogP contribution in [0.2, 0.25) is 0 Å². The molecular formula is C26H36F4O. The van der Waals surface area contributed by atoms with Gasteiger partial charge in [0.25, 0.3) is 0 Å². The van der Waals surface area contributed by atoms with Crippen molar-refractivity contribution in [3.05, 3.63) is 29.3 Å². The summed E-state index contributed by atoms with van der Waals surface area (Å²) in [5.41, 5.74) is 0.570. The lowest BCUT2D eigenvalue weighted by Gasteiger charge is -2.34. The molecule has 5 heteroatoms. The second-order valence-corrected chi connectivity index (χ2v) is 10.3. The van der Waals surface area contributed by atoms with E-state index in [-0.39, 0.29) is 5.92 Å². The van der Waals surface area contributed by atoms with Crippen molar-refractivity contribution in [2.45, 2.75) is 102 Å². The number of benzene rings is 1. The van der Waals surface area contributed by atoms with Crippen LogP contribution in [0, 0.1) is 35.3 Å². The number of halogens is 4. The molecule has 0 heterocycles. The Bertz CT molecular complexity index is 676. The maximum absolute atomic E-state index is 14.1. The highest BCUT2D eigenvalue weighted by atomic mass is 19.3. The molecule has 0 aliphatic heterocycles. The van der Waals surface area contributed by atoms with Gasteiger partial charge in [0.15, 0.2) is 17.4 Å². The molecule has 0 N–H and O–H groups in total. The Morgan fingerprint density at radius 1 is 0.710 bits per heavy atom. The molecule has 1 aromatic rings. The molecule has 3 fully saturated rings. The predicted molar refractivity (Wildman–Crippen MR) is 114 cm³/mol. The van der Waals surface area contributed by atoms with Gasteiger partial charge in [0.2, 0.25) is 0 Å². The number of hydrogen-bond donors (Lipinski definition) is 0. The lowest BCUT2D eigenvalue weighted by atomic mass is 9.72. The molecule has 174 valence electrons. The van der Waals surface area contributed by atoms with E-state index in [1.54, 1.807) is 0 Å². The molecule has 1 nitrogen and oxygen atoms in total. The zero-order chi connectivity index (χ0) is 21.8. The fourth-order valence-electron chi connectivity index (χ4n) is 6.65. The number of alkyl halides is 2. The van der Waals surface area contributed by atoms with Crippen LogP contribution in [0.3, 0.4) is 0 Å². The quantitative estimate of drug-likeness (QED) is 0.386. The molecule has 4 rings (SSSR count). The van der Waals surface area contributed by atoms with Gasteiger partial charge < -0.3 is 4.74 Å². The summed E-state index contributed by atoms with van der Waals surface area (Å²) >= 11 is 0. The van der Waals surface area contributed by atoms with Crippen molar-refractivity contribution in [2.75, 3.05) is 0 Å². The Morgan fingerprint density at radius 2 is 1.19 bits per heavy atom. The third-order valence-corrected chi connectivity index (χ3v) is 8.49. The molecule has 3 aliphatic carbocycles. The summed E-state index contributed by atoms with van der Waals surface area (Å²) < 4.78 is 56.7. The van der Waals surface area contributed by atoms with Crippen LogP contribution in [0.25, 0.3) is 0 Å². The summed E-state index contributed by atoms with van der Waals surface area (Å²) in [6, 6.07) is 2.35. The molecule has 3 saturated carbocycles. The Kier molecular flexibility index (Phi) is 7.81. The van der Waals surface area contributed by atoms with Gasteiger partial charge in [-0.25, -0.2) is 8.78 Å². The molecule has 1 aromatic carbocycles. The monoisotopic (exact) mass is 440 g/mol. The van der Waals surface area contributed by atoms with Gasteiger partial charge in [-0.15, -0.1) is 0 Å². The first-order chi connectivity index (χ1) is 15.0. The minimum atomic E-state index is -3.23. The van der Waals surface area contributed by atoms with Gasteiger partial charge in [-0.3, -0.25) is 0 Å². The molecule has 31 heavy (non-hydrogen) atoms. The van der Waals surface area contributed by atoms with E-state index in [0.717, 1.165) is 43.4 Å². The van der Waals surface area contributed by atoms with E-state index < -0.39 is 24.0 Å². The topological polar surface area (TPSA) is 9.23 Å². The molecule has 0 amide bonds. The van der Waals surface area contributed by atoms with Gasteiger partial charge in [0.1, 0.15) is 0 Å². The van der Waals surface area contributed by atoms with E-state index in [4.69, 9.17) is 0 Å². The minimum absolute atomic E-state index is 0.0997. The summed E-state index contributed by atoms with van der Waals surface area (Å²) in [7, 11) is 0. The van der Waals surface area contributed by atoms with Crippen LogP contribution >= 0.6 is 0 Å². The van der Waals surface area contributed by atoms with Gasteiger partial charge >= 0.3 is 6.61 Å². The first kappa shape index (κ1) is 22.9. The molecule has 0 spiro atoms. The zero-order valence-electron chi connectivity index (χ0n) is 18.4. The SMILES string of the molecule is Fc1cc(C2CCC(CCC3CCC(C4CCCC4)CC3)CC2)cc(F)c1OC(F)F. The second kappa shape index (κ2) is 10.6. The van der Waals surface area contributed by atoms with Crippen LogP contribution in [-0.4, -0.2) is 6.61 Å². The maximum atomic E-state index is 14.1. The van der Waals surface area contributed by atoms with E-state index in [1.807, 2.05) is 0 Å². The zero-order valence-corrected chi connectivity index (χ0v) is 18.4. The summed E-state index contributed by atoms with van der Waals surface area (Å²) in [5, 5.41) is 0. The molecule has 3 aliphatic rings. The highest BCUT2D eigenvalue weighted by molar-refractivity contribution is 5.33. The molecular weight excluding hydrogens is 404 g/mol. The summed E-state index contributed by atoms with van der Waals surface area (Å²) in [6.45, 7) is -3.23. The highest BCUT2D eigenvalue weighted by Gasteiger charge is 2.30. The molecule has 0 aromatic heterocycles. The third-order valence-electron chi connectivity index (χ3n) is 8.49. The van der Waals surface area contributed by atoms with E-state index in [9.17, 15) is 17.6 Å². The largest absolute Gasteiger partial charge is 0.429 e. The first-order valence-electron chi connectivity index (χ1n) is 12.4. The molecule has 0 radical (unpaired) electrons. The predicted octanol–water partition coefficient (Wildman–Crippen LogP) is 8.62. The molecule has 0 saturated heterocycles. The van der Waals surface area contributed by atoms with Gasteiger partial charge in [-0.1, -0.05) is 51.4 Å². The van der Waals surface area contributed by atoms with Gasteiger partial charge in [0.05, 0.1) is 0 Å². The number of hydrogen-bond acceptors (Lipinski definition) is 1. The van der Waals surface area contributed by atoms with Crippen molar-refractivity contribution in [3.63, 3.8) is 0 Å². The molecule has 0 atom stereocenters. The van der Waals surface area contributed by atoms with Crippen molar-refractivity contribution < 1.29 is 22.3 Å². The fraction of sp³-hybridized carbons (Fsp3) is 0.769. The van der Waals surface area contributed by atoms with Crippen LogP contribution in [-0.2, 0) is 0 Å². The number of ether oxygens (including phenoxy) is 1. The van der Waals surface area contributed by atoms with E-state index in [0.29, 0.717) is 11.5 Å². The summed E-state index contributed by atoms with van der Waals surface area (Å²) in [6.07, 6.45) is 18.1. The lowest BCUT2D eigenvalue weighted by Crippen LogP contribution is -2.21. The van der Waals surface area contributed by atoms with Crippen molar-refractivity contribution >= 4 is 0 Å². The van der Waals surface area contributed by atoms with Crippen LogP contribution in [0.4, 0.5) is 17.6 Å². The van der Waals surface area contributed by atoms with E-state index in [1.165, 1.54) is 76.3 Å². The highest BCUT2D eigenvalue weighted by Crippen LogP contribution is 2.44. The van der Waals surface area contributed by atoms with Crippen molar-refractivity contribution in [1.29, 1.82) is 0 Å². The van der Waals surface area contributed by atoms with Gasteiger partial charge in [-0.2, -0.15) is 8.78 Å². The van der Waals surface area contributed by atoms with Crippen LogP contribution in [0.15, 0.2) is 12.1 Å². The summed E-state index contributed by atoms with van der Waals surface area (Å²) in [5.74, 6) is 0.657. The minimum Gasteiger partial charge on any atom is -0.429 e. The summed E-state index contributed by atoms with van der Waals surface area (Å²) in [4.78, 5) is 0. The third kappa shape index (κ3) is 5.96. The van der Waals surface area contributed by atoms with Crippen LogP contribution < -0.4 is 4.74 Å². The van der Waals surface area contributed by atoms with Crippen LogP contribution in [0.5, 0.6) is 5.75 Å². The maximum Gasteiger partial charge on any atom is 0.387 e. The van der Waals surface area contributed by atoms with Crippen molar-refractivity contribution in [3.8, 4) is 5.75 Å². The average molecular weight is 441 g/mol. The first-order valence-corrected chi connectivity index (χ1v) is 12.4. The van der Waals surface area contributed by atoms with Gasteiger partial charge in [-0.05, 0) is 85.8 Å².